The minimum atomic E-state index is 0.0116. The maximum absolute atomic E-state index is 6.77. The maximum atomic E-state index is 6.77. The molecule has 0 aliphatic carbocycles. The van der Waals surface area contributed by atoms with Crippen molar-refractivity contribution >= 4 is 54.9 Å². The second-order valence-corrected chi connectivity index (χ2v) is 16.7. The van der Waals surface area contributed by atoms with Gasteiger partial charge in [0.05, 0.1) is 22.8 Å². The van der Waals surface area contributed by atoms with Crippen LogP contribution in [0.3, 0.4) is 0 Å². The summed E-state index contributed by atoms with van der Waals surface area (Å²) in [6.45, 7) is 7.39. The molecule has 3 heterocycles. The molecule has 276 valence electrons. The lowest BCUT2D eigenvalue weighted by Gasteiger charge is -2.27. The summed E-state index contributed by atoms with van der Waals surface area (Å²) >= 11 is 1.68. The maximum Gasteiger partial charge on any atom is 0.182 e. The number of benzene rings is 7. The summed E-state index contributed by atoms with van der Waals surface area (Å²) in [6, 6.07) is 62.8. The third kappa shape index (κ3) is 6.40. The van der Waals surface area contributed by atoms with Crippen molar-refractivity contribution in [3.8, 4) is 44.3 Å². The number of aromatic nitrogens is 1. The van der Waals surface area contributed by atoms with Crippen LogP contribution in [0.1, 0.15) is 26.3 Å². The lowest BCUT2D eigenvalue weighted by molar-refractivity contribution is 0.497. The molecule has 5 heteroatoms. The standard InChI is InChI=1S/C52H41N3OS/c1-52(2,3)38-28-29-53-45(31-38)50-41-23-11-10-20-37(41)30-48-44(50)33-49(57-48)56-40-22-14-21-39(32-40)54-34-55(47-27-13-12-26-46(47)54)51-42(35-16-6-4-7-17-35)24-15-25-43(51)36-18-8-5-9-19-36/h4-33H,34H2,1-3H3. The molecule has 1 aliphatic heterocycles. The van der Waals surface area contributed by atoms with E-state index in [0.717, 1.165) is 44.5 Å². The van der Waals surface area contributed by atoms with E-state index in [1.807, 2.05) is 6.20 Å². The van der Waals surface area contributed by atoms with Crippen molar-refractivity contribution in [3.05, 3.63) is 188 Å². The molecule has 57 heavy (non-hydrogen) atoms. The molecule has 0 fully saturated rings. The summed E-state index contributed by atoms with van der Waals surface area (Å²) in [6.07, 6.45) is 1.94. The van der Waals surface area contributed by atoms with Crippen molar-refractivity contribution in [1.29, 1.82) is 0 Å². The number of thiophene rings is 1. The Morgan fingerprint density at radius 3 is 1.95 bits per heavy atom. The first-order valence-electron chi connectivity index (χ1n) is 19.5. The fourth-order valence-electron chi connectivity index (χ4n) is 8.17. The summed E-state index contributed by atoms with van der Waals surface area (Å²) in [7, 11) is 0. The molecule has 0 spiro atoms. The average Bonchev–Trinajstić information content (AvgIpc) is 3.84. The van der Waals surface area contributed by atoms with Crippen LogP contribution in [0.15, 0.2) is 182 Å². The molecule has 9 aromatic rings. The number of para-hydroxylation sites is 3. The summed E-state index contributed by atoms with van der Waals surface area (Å²) in [5.74, 6) is 0.795. The van der Waals surface area contributed by atoms with Gasteiger partial charge in [0.25, 0.3) is 0 Å². The second kappa shape index (κ2) is 14.1. The van der Waals surface area contributed by atoms with E-state index in [-0.39, 0.29) is 5.41 Å². The molecule has 7 aromatic carbocycles. The molecule has 0 saturated heterocycles. The third-order valence-corrected chi connectivity index (χ3v) is 11.9. The van der Waals surface area contributed by atoms with Crippen LogP contribution in [0.5, 0.6) is 10.8 Å². The topological polar surface area (TPSA) is 28.6 Å². The Kier molecular flexibility index (Phi) is 8.61. The van der Waals surface area contributed by atoms with E-state index in [0.29, 0.717) is 6.67 Å². The summed E-state index contributed by atoms with van der Waals surface area (Å²) < 4.78 is 7.94. The lowest BCUT2D eigenvalue weighted by Crippen LogP contribution is -2.24. The van der Waals surface area contributed by atoms with E-state index in [9.17, 15) is 0 Å². The highest BCUT2D eigenvalue weighted by Crippen LogP contribution is 2.51. The van der Waals surface area contributed by atoms with Gasteiger partial charge in [-0.25, -0.2) is 0 Å². The molecule has 0 N–H and O–H groups in total. The van der Waals surface area contributed by atoms with Crippen LogP contribution in [0.25, 0.3) is 54.4 Å². The van der Waals surface area contributed by atoms with Crippen molar-refractivity contribution in [2.45, 2.75) is 26.2 Å². The van der Waals surface area contributed by atoms with E-state index >= 15 is 0 Å². The van der Waals surface area contributed by atoms with E-state index in [1.165, 1.54) is 49.0 Å². The van der Waals surface area contributed by atoms with Gasteiger partial charge in [0.1, 0.15) is 12.4 Å². The molecule has 0 saturated carbocycles. The highest BCUT2D eigenvalue weighted by atomic mass is 32.1. The van der Waals surface area contributed by atoms with Gasteiger partial charge in [0, 0.05) is 50.8 Å². The van der Waals surface area contributed by atoms with Gasteiger partial charge in [-0.05, 0) is 75.3 Å². The monoisotopic (exact) mass is 755 g/mol. The predicted molar refractivity (Wildman–Crippen MR) is 241 cm³/mol. The van der Waals surface area contributed by atoms with Crippen LogP contribution in [-0.4, -0.2) is 11.7 Å². The molecule has 0 amide bonds. The zero-order valence-electron chi connectivity index (χ0n) is 32.2. The van der Waals surface area contributed by atoms with Gasteiger partial charge >= 0.3 is 0 Å². The Labute approximate surface area is 337 Å². The minimum Gasteiger partial charge on any atom is -0.447 e. The Morgan fingerprint density at radius 1 is 0.579 bits per heavy atom. The van der Waals surface area contributed by atoms with Crippen molar-refractivity contribution in [2.24, 2.45) is 0 Å². The van der Waals surface area contributed by atoms with Crippen LogP contribution in [0, 0.1) is 0 Å². The Bertz CT molecular complexity index is 2850. The molecule has 0 bridgehead atoms. The van der Waals surface area contributed by atoms with Crippen molar-refractivity contribution in [2.75, 3.05) is 16.5 Å². The number of hydrogen-bond acceptors (Lipinski definition) is 5. The summed E-state index contributed by atoms with van der Waals surface area (Å²) in [5.41, 5.74) is 12.7. The lowest BCUT2D eigenvalue weighted by atomic mass is 9.86. The minimum absolute atomic E-state index is 0.0116. The molecule has 0 radical (unpaired) electrons. The molecule has 1 aliphatic rings. The van der Waals surface area contributed by atoms with Crippen molar-refractivity contribution in [3.63, 3.8) is 0 Å². The van der Waals surface area contributed by atoms with Crippen LogP contribution < -0.4 is 14.5 Å². The molecular weight excluding hydrogens is 715 g/mol. The highest BCUT2D eigenvalue weighted by molar-refractivity contribution is 7.21. The number of pyridine rings is 1. The Morgan fingerprint density at radius 2 is 1.23 bits per heavy atom. The first-order chi connectivity index (χ1) is 27.9. The van der Waals surface area contributed by atoms with E-state index in [4.69, 9.17) is 9.72 Å². The molecule has 0 unspecified atom stereocenters. The molecule has 0 atom stereocenters. The zero-order chi connectivity index (χ0) is 38.5. The molecular formula is C52H41N3OS. The van der Waals surface area contributed by atoms with Crippen LogP contribution in [-0.2, 0) is 5.41 Å². The second-order valence-electron chi connectivity index (χ2n) is 15.6. The van der Waals surface area contributed by atoms with Gasteiger partial charge in [0.2, 0.25) is 0 Å². The van der Waals surface area contributed by atoms with Gasteiger partial charge in [-0.2, -0.15) is 0 Å². The number of fused-ring (bicyclic) bond motifs is 3. The Hall–Kier alpha value is -6.69. The van der Waals surface area contributed by atoms with Crippen molar-refractivity contribution < 1.29 is 4.74 Å². The fourth-order valence-corrected chi connectivity index (χ4v) is 9.16. The summed E-state index contributed by atoms with van der Waals surface area (Å²) in [4.78, 5) is 9.78. The predicted octanol–water partition coefficient (Wildman–Crippen LogP) is 14.8. The van der Waals surface area contributed by atoms with E-state index in [1.54, 1.807) is 11.3 Å². The molecule has 2 aromatic heterocycles. The number of nitrogens with zero attached hydrogens (tertiary/aromatic N) is 3. The van der Waals surface area contributed by atoms with E-state index in [2.05, 4.69) is 206 Å². The van der Waals surface area contributed by atoms with Gasteiger partial charge < -0.3 is 14.5 Å². The van der Waals surface area contributed by atoms with Gasteiger partial charge in [-0.3, -0.25) is 4.98 Å². The number of hydrogen-bond donors (Lipinski definition) is 0. The quantitative estimate of drug-likeness (QED) is 0.162. The average molecular weight is 756 g/mol. The smallest absolute Gasteiger partial charge is 0.182 e. The normalized spacial score (nSPS) is 12.7. The van der Waals surface area contributed by atoms with Crippen LogP contribution in [0.2, 0.25) is 0 Å². The first-order valence-corrected chi connectivity index (χ1v) is 20.3. The Balaban J connectivity index is 1.03. The first kappa shape index (κ1) is 34.8. The SMILES string of the molecule is CC(C)(C)c1ccnc(-c2c3ccccc3cc3sc(Oc4cccc(N5CN(c6c(-c7ccccc7)cccc6-c6ccccc6)c6ccccc65)c4)cc23)c1. The van der Waals surface area contributed by atoms with Crippen LogP contribution >= 0.6 is 11.3 Å². The largest absolute Gasteiger partial charge is 0.447 e. The zero-order valence-corrected chi connectivity index (χ0v) is 33.0. The molecule has 4 nitrogen and oxygen atoms in total. The van der Waals surface area contributed by atoms with Gasteiger partial charge in [0.15, 0.2) is 5.06 Å². The van der Waals surface area contributed by atoms with E-state index < -0.39 is 0 Å². The van der Waals surface area contributed by atoms with Gasteiger partial charge in [-0.1, -0.05) is 153 Å². The highest BCUT2D eigenvalue weighted by Gasteiger charge is 2.31. The molecule has 10 rings (SSSR count). The number of anilines is 4. The number of rotatable bonds is 7. The third-order valence-electron chi connectivity index (χ3n) is 11.0. The summed E-state index contributed by atoms with van der Waals surface area (Å²) in [5, 5.41) is 4.38. The van der Waals surface area contributed by atoms with Crippen molar-refractivity contribution in [1.82, 2.24) is 4.98 Å². The van der Waals surface area contributed by atoms with Crippen LogP contribution in [0.4, 0.5) is 22.7 Å². The van der Waals surface area contributed by atoms with Gasteiger partial charge in [-0.15, -0.1) is 0 Å². The number of ether oxygens (including phenoxy) is 1. The fraction of sp³-hybridized carbons (Fsp3) is 0.0962.